The van der Waals surface area contributed by atoms with Gasteiger partial charge in [0.1, 0.15) is 16.5 Å². The van der Waals surface area contributed by atoms with Crippen LogP contribution in [0, 0.1) is 0 Å². The van der Waals surface area contributed by atoms with E-state index < -0.39 is 6.10 Å². The number of halogens is 2. The van der Waals surface area contributed by atoms with Crippen LogP contribution in [0.15, 0.2) is 60.9 Å². The van der Waals surface area contributed by atoms with Crippen LogP contribution in [0.4, 0.5) is 5.82 Å². The van der Waals surface area contributed by atoms with Crippen molar-refractivity contribution in [1.29, 1.82) is 0 Å². The van der Waals surface area contributed by atoms with Crippen molar-refractivity contribution in [2.45, 2.75) is 13.0 Å². The molecule has 1 unspecified atom stereocenters. The molecule has 2 heterocycles. The average Bonchev–Trinajstić information content (AvgIpc) is 2.67. The fraction of sp³-hybridized carbons (Fsp3) is 0.105. The summed E-state index contributed by atoms with van der Waals surface area (Å²) in [6, 6.07) is 13.5. The molecule has 8 heteroatoms. The monoisotopic (exact) mass is 403 g/mol. The number of anilines is 1. The highest BCUT2D eigenvalue weighted by Gasteiger charge is 2.16. The van der Waals surface area contributed by atoms with Gasteiger partial charge in [0.15, 0.2) is 11.9 Å². The Morgan fingerprint density at radius 2 is 1.59 bits per heavy atom. The van der Waals surface area contributed by atoms with E-state index in [0.717, 1.165) is 0 Å². The van der Waals surface area contributed by atoms with E-state index >= 15 is 0 Å². The molecule has 0 saturated heterocycles. The molecule has 3 aromatic rings. The summed E-state index contributed by atoms with van der Waals surface area (Å²) in [4.78, 5) is 20.3. The molecular formula is C19H15Cl2N3O3. The van der Waals surface area contributed by atoms with Gasteiger partial charge in [0.05, 0.1) is 5.02 Å². The highest BCUT2D eigenvalue weighted by atomic mass is 35.5. The van der Waals surface area contributed by atoms with E-state index in [1.165, 1.54) is 0 Å². The van der Waals surface area contributed by atoms with E-state index in [0.29, 0.717) is 27.4 Å². The minimum atomic E-state index is -0.750. The van der Waals surface area contributed by atoms with Gasteiger partial charge in [-0.05, 0) is 55.5 Å². The third-order valence-electron chi connectivity index (χ3n) is 3.45. The van der Waals surface area contributed by atoms with E-state index in [1.807, 2.05) is 0 Å². The molecule has 0 fully saturated rings. The molecule has 0 saturated carbocycles. The first-order valence-electron chi connectivity index (χ1n) is 7.99. The van der Waals surface area contributed by atoms with Crippen LogP contribution >= 0.6 is 23.2 Å². The number of carbonyl (C=O) groups excluding carboxylic acids is 1. The number of carbonyl (C=O) groups is 1. The number of hydrogen-bond donors (Lipinski definition) is 1. The second-order valence-corrected chi connectivity index (χ2v) is 6.26. The SMILES string of the molecule is CC(Oc1ccc(Oc2ncccc2Cl)cc1)C(=O)Nc1ncccc1Cl. The molecule has 1 N–H and O–H groups in total. The van der Waals surface area contributed by atoms with E-state index in [1.54, 1.807) is 67.8 Å². The predicted octanol–water partition coefficient (Wildman–Crippen LogP) is 4.98. The van der Waals surface area contributed by atoms with Gasteiger partial charge in [-0.2, -0.15) is 0 Å². The molecule has 138 valence electrons. The highest BCUT2D eigenvalue weighted by molar-refractivity contribution is 6.33. The molecule has 1 atom stereocenters. The number of hydrogen-bond acceptors (Lipinski definition) is 5. The van der Waals surface area contributed by atoms with Crippen molar-refractivity contribution in [2.75, 3.05) is 5.32 Å². The van der Waals surface area contributed by atoms with Crippen molar-refractivity contribution >= 4 is 34.9 Å². The lowest BCUT2D eigenvalue weighted by Gasteiger charge is -2.15. The normalized spacial score (nSPS) is 11.5. The lowest BCUT2D eigenvalue weighted by molar-refractivity contribution is -0.122. The van der Waals surface area contributed by atoms with Crippen molar-refractivity contribution in [2.24, 2.45) is 0 Å². The third-order valence-corrected chi connectivity index (χ3v) is 4.04. The Morgan fingerprint density at radius 1 is 0.963 bits per heavy atom. The van der Waals surface area contributed by atoms with Gasteiger partial charge in [-0.25, -0.2) is 9.97 Å². The fourth-order valence-electron chi connectivity index (χ4n) is 2.10. The highest BCUT2D eigenvalue weighted by Crippen LogP contribution is 2.28. The number of nitrogens with one attached hydrogen (secondary N) is 1. The molecule has 0 radical (unpaired) electrons. The number of aromatic nitrogens is 2. The van der Waals surface area contributed by atoms with Gasteiger partial charge in [0.25, 0.3) is 5.91 Å². The maximum Gasteiger partial charge on any atom is 0.266 e. The van der Waals surface area contributed by atoms with Crippen molar-refractivity contribution in [3.05, 3.63) is 71.0 Å². The van der Waals surface area contributed by atoms with E-state index in [2.05, 4.69) is 15.3 Å². The predicted molar refractivity (Wildman–Crippen MR) is 104 cm³/mol. The average molecular weight is 404 g/mol. The first-order valence-corrected chi connectivity index (χ1v) is 8.75. The Hall–Kier alpha value is -2.83. The number of benzene rings is 1. The van der Waals surface area contributed by atoms with Gasteiger partial charge in [-0.3, -0.25) is 4.79 Å². The number of pyridine rings is 2. The standard InChI is InChI=1S/C19H15Cl2N3O3/c1-12(18(25)24-17-15(20)4-2-10-22-17)26-13-6-8-14(9-7-13)27-19-16(21)5-3-11-23-19/h2-12H,1H3,(H,22,24,25). The van der Waals surface area contributed by atoms with Gasteiger partial charge in [0.2, 0.25) is 5.88 Å². The molecule has 6 nitrogen and oxygen atoms in total. The molecular weight excluding hydrogens is 389 g/mol. The molecule has 0 aliphatic carbocycles. The summed E-state index contributed by atoms with van der Waals surface area (Å²) in [7, 11) is 0. The first-order chi connectivity index (χ1) is 13.0. The van der Waals surface area contributed by atoms with Crippen molar-refractivity contribution < 1.29 is 14.3 Å². The largest absolute Gasteiger partial charge is 0.481 e. The molecule has 1 aromatic carbocycles. The molecule has 2 aromatic heterocycles. The van der Waals surface area contributed by atoms with Crippen LogP contribution in [0.25, 0.3) is 0 Å². The second kappa shape index (κ2) is 8.70. The van der Waals surface area contributed by atoms with Crippen LogP contribution in [-0.4, -0.2) is 22.0 Å². The topological polar surface area (TPSA) is 73.3 Å². The minimum Gasteiger partial charge on any atom is -0.481 e. The Labute approximate surface area is 166 Å². The summed E-state index contributed by atoms with van der Waals surface area (Å²) in [5.74, 6) is 1.28. The maximum atomic E-state index is 12.2. The van der Waals surface area contributed by atoms with Crippen molar-refractivity contribution in [3.8, 4) is 17.4 Å². The van der Waals surface area contributed by atoms with E-state index in [-0.39, 0.29) is 11.7 Å². The van der Waals surface area contributed by atoms with Gasteiger partial charge in [-0.15, -0.1) is 0 Å². The summed E-state index contributed by atoms with van der Waals surface area (Å²) < 4.78 is 11.2. The summed E-state index contributed by atoms with van der Waals surface area (Å²) in [6.07, 6.45) is 2.38. The van der Waals surface area contributed by atoms with Crippen LogP contribution in [0.3, 0.4) is 0 Å². The lowest BCUT2D eigenvalue weighted by Crippen LogP contribution is -2.30. The van der Waals surface area contributed by atoms with Gasteiger partial charge >= 0.3 is 0 Å². The Balaban J connectivity index is 1.60. The maximum absolute atomic E-state index is 12.2. The molecule has 0 aliphatic rings. The third kappa shape index (κ3) is 5.09. The van der Waals surface area contributed by atoms with Crippen LogP contribution in [0.1, 0.15) is 6.92 Å². The number of ether oxygens (including phenoxy) is 2. The molecule has 27 heavy (non-hydrogen) atoms. The zero-order valence-corrected chi connectivity index (χ0v) is 15.7. The molecule has 0 bridgehead atoms. The summed E-state index contributed by atoms with van der Waals surface area (Å²) in [5.41, 5.74) is 0. The minimum absolute atomic E-state index is 0.288. The quantitative estimate of drug-likeness (QED) is 0.627. The van der Waals surface area contributed by atoms with Crippen LogP contribution < -0.4 is 14.8 Å². The van der Waals surface area contributed by atoms with Crippen molar-refractivity contribution in [3.63, 3.8) is 0 Å². The number of nitrogens with zero attached hydrogens (tertiary/aromatic N) is 2. The zero-order chi connectivity index (χ0) is 19.2. The van der Waals surface area contributed by atoms with E-state index in [4.69, 9.17) is 32.7 Å². The van der Waals surface area contributed by atoms with E-state index in [9.17, 15) is 4.79 Å². The Kier molecular flexibility index (Phi) is 6.11. The zero-order valence-electron chi connectivity index (χ0n) is 14.2. The van der Waals surface area contributed by atoms with Crippen LogP contribution in [0.5, 0.6) is 17.4 Å². The smallest absolute Gasteiger partial charge is 0.266 e. The molecule has 3 rings (SSSR count). The van der Waals surface area contributed by atoms with Gasteiger partial charge in [0, 0.05) is 12.4 Å². The fourth-order valence-corrected chi connectivity index (χ4v) is 2.43. The summed E-state index contributed by atoms with van der Waals surface area (Å²) in [5, 5.41) is 3.39. The molecule has 1 amide bonds. The first kappa shape index (κ1) is 18.9. The second-order valence-electron chi connectivity index (χ2n) is 5.45. The van der Waals surface area contributed by atoms with Crippen molar-refractivity contribution in [1.82, 2.24) is 9.97 Å². The Bertz CT molecular complexity index is 935. The lowest BCUT2D eigenvalue weighted by atomic mass is 10.3. The number of rotatable bonds is 6. The molecule has 0 aliphatic heterocycles. The van der Waals surface area contributed by atoms with Gasteiger partial charge in [-0.1, -0.05) is 23.2 Å². The Morgan fingerprint density at radius 3 is 2.26 bits per heavy atom. The van der Waals surface area contributed by atoms with Crippen LogP contribution in [0.2, 0.25) is 10.0 Å². The van der Waals surface area contributed by atoms with Gasteiger partial charge < -0.3 is 14.8 Å². The number of amides is 1. The van der Waals surface area contributed by atoms with Crippen LogP contribution in [-0.2, 0) is 4.79 Å². The summed E-state index contributed by atoms with van der Waals surface area (Å²) >= 11 is 12.0. The summed E-state index contributed by atoms with van der Waals surface area (Å²) in [6.45, 7) is 1.63. The molecule has 0 spiro atoms.